The van der Waals surface area contributed by atoms with Gasteiger partial charge in [-0.1, -0.05) is 11.6 Å². The van der Waals surface area contributed by atoms with E-state index in [0.29, 0.717) is 10.0 Å². The van der Waals surface area contributed by atoms with Gasteiger partial charge in [-0.05, 0) is 54.0 Å². The van der Waals surface area contributed by atoms with Gasteiger partial charge >= 0.3 is 0 Å². The summed E-state index contributed by atoms with van der Waals surface area (Å²) in [6.45, 7) is 3.40. The zero-order valence-corrected chi connectivity index (χ0v) is 16.8. The second kappa shape index (κ2) is 7.74. The van der Waals surface area contributed by atoms with E-state index in [1.54, 1.807) is 6.07 Å². The average molecular weight is 454 g/mol. The molecule has 0 unspecified atom stereocenters. The van der Waals surface area contributed by atoms with Crippen molar-refractivity contribution in [2.45, 2.75) is 26.4 Å². The molecule has 3 aromatic rings. The van der Waals surface area contributed by atoms with Crippen LogP contribution in [0.2, 0.25) is 5.02 Å². The molecule has 0 aliphatic heterocycles. The Kier molecular flexibility index (Phi) is 5.57. The molecule has 1 amide bonds. The molecule has 140 valence electrons. The minimum Gasteiger partial charge on any atom is -0.352 e. The normalized spacial score (nSPS) is 11.2. The van der Waals surface area contributed by atoms with Crippen LogP contribution in [0, 0.1) is 5.82 Å². The van der Waals surface area contributed by atoms with Crippen molar-refractivity contribution in [1.82, 2.24) is 19.9 Å². The fourth-order valence-electron chi connectivity index (χ4n) is 2.59. The molecule has 0 bridgehead atoms. The Labute approximate surface area is 167 Å². The number of pyridine rings is 1. The van der Waals surface area contributed by atoms with Crippen LogP contribution in [0.3, 0.4) is 0 Å². The number of amides is 1. The van der Waals surface area contributed by atoms with Crippen LogP contribution < -0.4 is 10.9 Å². The second-order valence-electron chi connectivity index (χ2n) is 6.20. The van der Waals surface area contributed by atoms with Crippen LogP contribution in [0.5, 0.6) is 0 Å². The number of nitrogens with zero attached hydrogens (tertiary/aromatic N) is 3. The van der Waals surface area contributed by atoms with Crippen LogP contribution >= 0.6 is 27.5 Å². The van der Waals surface area contributed by atoms with E-state index >= 15 is 0 Å². The summed E-state index contributed by atoms with van der Waals surface area (Å²) >= 11 is 9.16. The third kappa shape index (κ3) is 4.17. The Bertz CT molecular complexity index is 1100. The van der Waals surface area contributed by atoms with E-state index < -0.39 is 11.4 Å². The Morgan fingerprint density at radius 2 is 2.11 bits per heavy atom. The summed E-state index contributed by atoms with van der Waals surface area (Å²) in [5, 5.41) is 2.89. The number of hydrogen-bond donors (Lipinski definition) is 1. The molecule has 0 fully saturated rings. The van der Waals surface area contributed by atoms with E-state index in [2.05, 4.69) is 31.2 Å². The van der Waals surface area contributed by atoms with Gasteiger partial charge in [-0.3, -0.25) is 14.2 Å². The van der Waals surface area contributed by atoms with Crippen LogP contribution in [0.1, 0.15) is 13.8 Å². The summed E-state index contributed by atoms with van der Waals surface area (Å²) in [5.74, 6) is -0.747. The van der Waals surface area contributed by atoms with E-state index in [1.807, 2.05) is 13.8 Å². The molecule has 0 spiro atoms. The fraction of sp³-hybridized carbons (Fsp3) is 0.222. The predicted octanol–water partition coefficient (Wildman–Crippen LogP) is 3.54. The second-order valence-corrected chi connectivity index (χ2v) is 7.53. The SMILES string of the molecule is CC(C)NC(=O)Cn1c(-c2ccc(F)c(Cl)c2)nc2ncc(Br)cc2c1=O. The Morgan fingerprint density at radius 1 is 1.37 bits per heavy atom. The van der Waals surface area contributed by atoms with Crippen molar-refractivity contribution < 1.29 is 9.18 Å². The maximum Gasteiger partial charge on any atom is 0.263 e. The van der Waals surface area contributed by atoms with E-state index in [0.717, 1.165) is 0 Å². The fourth-order valence-corrected chi connectivity index (χ4v) is 3.11. The first-order valence-electron chi connectivity index (χ1n) is 8.07. The summed E-state index contributed by atoms with van der Waals surface area (Å²) < 4.78 is 15.4. The number of carbonyl (C=O) groups excluding carboxylic acids is 1. The van der Waals surface area contributed by atoms with E-state index in [9.17, 15) is 14.0 Å². The van der Waals surface area contributed by atoms with Crippen LogP contribution in [-0.2, 0) is 11.3 Å². The molecule has 2 heterocycles. The van der Waals surface area contributed by atoms with E-state index in [1.165, 1.54) is 29.0 Å². The lowest BCUT2D eigenvalue weighted by Gasteiger charge is -2.15. The molecule has 0 aliphatic rings. The standard InChI is InChI=1S/C18H15BrClFN4O2/c1-9(2)23-15(26)8-25-17(10-3-4-14(21)13(20)5-10)24-16-12(18(25)27)6-11(19)7-22-16/h3-7,9H,8H2,1-2H3,(H,23,26). The van der Waals surface area contributed by atoms with Gasteiger partial charge < -0.3 is 5.32 Å². The third-order valence-electron chi connectivity index (χ3n) is 3.71. The zero-order chi connectivity index (χ0) is 19.7. The molecular weight excluding hydrogens is 439 g/mol. The Morgan fingerprint density at radius 3 is 2.78 bits per heavy atom. The average Bonchev–Trinajstić information content (AvgIpc) is 2.59. The molecular formula is C18H15BrClFN4O2. The summed E-state index contributed by atoms with van der Waals surface area (Å²) in [4.78, 5) is 33.9. The number of aromatic nitrogens is 3. The number of nitrogens with one attached hydrogen (secondary N) is 1. The number of fused-ring (bicyclic) bond motifs is 1. The summed E-state index contributed by atoms with van der Waals surface area (Å²) in [5.41, 5.74) is 0.199. The van der Waals surface area contributed by atoms with E-state index in [4.69, 9.17) is 11.6 Å². The quantitative estimate of drug-likeness (QED) is 0.655. The maximum atomic E-state index is 13.5. The molecule has 2 aromatic heterocycles. The molecule has 27 heavy (non-hydrogen) atoms. The van der Waals surface area contributed by atoms with Crippen molar-refractivity contribution in [2.75, 3.05) is 0 Å². The monoisotopic (exact) mass is 452 g/mol. The zero-order valence-electron chi connectivity index (χ0n) is 14.5. The summed E-state index contributed by atoms with van der Waals surface area (Å²) in [6, 6.07) is 5.50. The van der Waals surface area contributed by atoms with Crippen molar-refractivity contribution in [1.29, 1.82) is 0 Å². The van der Waals surface area contributed by atoms with Gasteiger partial charge in [-0.15, -0.1) is 0 Å². The first-order valence-corrected chi connectivity index (χ1v) is 9.24. The van der Waals surface area contributed by atoms with Crippen molar-refractivity contribution >= 4 is 44.5 Å². The molecule has 1 N–H and O–H groups in total. The van der Waals surface area contributed by atoms with Gasteiger partial charge in [0, 0.05) is 22.3 Å². The summed E-state index contributed by atoms with van der Waals surface area (Å²) in [6.07, 6.45) is 1.52. The lowest BCUT2D eigenvalue weighted by Crippen LogP contribution is -2.37. The van der Waals surface area contributed by atoms with Gasteiger partial charge in [0.05, 0.1) is 10.4 Å². The first-order chi connectivity index (χ1) is 12.8. The molecule has 0 aliphatic carbocycles. The maximum absolute atomic E-state index is 13.5. The third-order valence-corrected chi connectivity index (χ3v) is 4.43. The molecule has 0 atom stereocenters. The highest BCUT2D eigenvalue weighted by Gasteiger charge is 2.17. The van der Waals surface area contributed by atoms with Crippen LogP contribution in [0.25, 0.3) is 22.4 Å². The number of hydrogen-bond acceptors (Lipinski definition) is 4. The summed E-state index contributed by atoms with van der Waals surface area (Å²) in [7, 11) is 0. The highest BCUT2D eigenvalue weighted by atomic mass is 79.9. The minimum atomic E-state index is -0.588. The molecule has 1 aromatic carbocycles. The van der Waals surface area contributed by atoms with Crippen LogP contribution in [-0.4, -0.2) is 26.5 Å². The lowest BCUT2D eigenvalue weighted by molar-refractivity contribution is -0.122. The number of carbonyl (C=O) groups is 1. The molecule has 6 nitrogen and oxygen atoms in total. The molecule has 3 rings (SSSR count). The minimum absolute atomic E-state index is 0.0823. The molecule has 9 heteroatoms. The van der Waals surface area contributed by atoms with E-state index in [-0.39, 0.29) is 40.4 Å². The van der Waals surface area contributed by atoms with Crippen LogP contribution in [0.4, 0.5) is 4.39 Å². The van der Waals surface area contributed by atoms with Crippen LogP contribution in [0.15, 0.2) is 39.7 Å². The van der Waals surface area contributed by atoms with Gasteiger partial charge in [-0.25, -0.2) is 14.4 Å². The van der Waals surface area contributed by atoms with Gasteiger partial charge in [0.2, 0.25) is 5.91 Å². The number of benzene rings is 1. The number of halogens is 3. The van der Waals surface area contributed by atoms with Gasteiger partial charge in [-0.2, -0.15) is 0 Å². The smallest absolute Gasteiger partial charge is 0.263 e. The van der Waals surface area contributed by atoms with Gasteiger partial charge in [0.1, 0.15) is 18.2 Å². The van der Waals surface area contributed by atoms with Gasteiger partial charge in [0.15, 0.2) is 5.65 Å². The van der Waals surface area contributed by atoms with Crippen molar-refractivity contribution in [3.63, 3.8) is 0 Å². The lowest BCUT2D eigenvalue weighted by atomic mass is 10.2. The highest BCUT2D eigenvalue weighted by molar-refractivity contribution is 9.10. The Balaban J connectivity index is 2.24. The molecule has 0 saturated heterocycles. The van der Waals surface area contributed by atoms with Crippen molar-refractivity contribution in [3.05, 3.63) is 56.1 Å². The molecule has 0 saturated carbocycles. The topological polar surface area (TPSA) is 76.9 Å². The first kappa shape index (κ1) is 19.4. The highest BCUT2D eigenvalue weighted by Crippen LogP contribution is 2.24. The van der Waals surface area contributed by atoms with Gasteiger partial charge in [0.25, 0.3) is 5.56 Å². The Hall–Kier alpha value is -2.32. The number of rotatable bonds is 4. The predicted molar refractivity (Wildman–Crippen MR) is 105 cm³/mol. The largest absolute Gasteiger partial charge is 0.352 e. The van der Waals surface area contributed by atoms with Crippen molar-refractivity contribution in [2.24, 2.45) is 0 Å². The van der Waals surface area contributed by atoms with Crippen molar-refractivity contribution in [3.8, 4) is 11.4 Å². The molecule has 0 radical (unpaired) electrons.